The fraction of sp³-hybridized carbons (Fsp3) is 0.826. The molecule has 0 spiro atoms. The number of anilines is 2. The SMILES string of the molecule is CCCCCCCCCCCCCCCN(C)CCCOC(=O)Nc1ccc(NC(=O)OCCCN(C)CCCCCCCCCCCCCCC)cc1. The van der Waals surface area contributed by atoms with E-state index in [-0.39, 0.29) is 0 Å². The van der Waals surface area contributed by atoms with Crippen LogP contribution in [-0.4, -0.2) is 75.5 Å². The van der Waals surface area contributed by atoms with Crippen LogP contribution in [0.3, 0.4) is 0 Å². The van der Waals surface area contributed by atoms with Gasteiger partial charge in [-0.05, 0) is 77.1 Å². The summed E-state index contributed by atoms with van der Waals surface area (Å²) in [7, 11) is 4.29. The molecule has 0 saturated heterocycles. The summed E-state index contributed by atoms with van der Waals surface area (Å²) in [5.41, 5.74) is 1.23. The van der Waals surface area contributed by atoms with Gasteiger partial charge >= 0.3 is 12.2 Å². The number of carbonyl (C=O) groups is 2. The first kappa shape index (κ1) is 49.7. The van der Waals surface area contributed by atoms with E-state index in [0.29, 0.717) is 24.6 Å². The molecule has 2 N–H and O–H groups in total. The molecule has 0 aliphatic carbocycles. The molecule has 8 nitrogen and oxygen atoms in total. The molecule has 8 heteroatoms. The Labute approximate surface area is 333 Å². The summed E-state index contributed by atoms with van der Waals surface area (Å²) in [5.74, 6) is 0. The van der Waals surface area contributed by atoms with Gasteiger partial charge in [0.05, 0.1) is 13.2 Å². The van der Waals surface area contributed by atoms with Gasteiger partial charge in [-0.2, -0.15) is 0 Å². The average molecular weight is 759 g/mol. The Kier molecular flexibility index (Phi) is 34.6. The fourth-order valence-electron chi connectivity index (χ4n) is 6.97. The monoisotopic (exact) mass is 759 g/mol. The van der Waals surface area contributed by atoms with E-state index in [2.05, 4.69) is 48.4 Å². The fourth-order valence-corrected chi connectivity index (χ4v) is 6.97. The number of unbranched alkanes of at least 4 members (excludes halogenated alkanes) is 24. The van der Waals surface area contributed by atoms with E-state index in [4.69, 9.17) is 9.47 Å². The summed E-state index contributed by atoms with van der Waals surface area (Å²) >= 11 is 0. The molecule has 0 aromatic heterocycles. The number of nitrogens with one attached hydrogen (secondary N) is 2. The molecule has 0 fully saturated rings. The van der Waals surface area contributed by atoms with Gasteiger partial charge in [-0.3, -0.25) is 10.6 Å². The largest absolute Gasteiger partial charge is 0.449 e. The van der Waals surface area contributed by atoms with Gasteiger partial charge in [-0.25, -0.2) is 9.59 Å². The highest BCUT2D eigenvalue weighted by Crippen LogP contribution is 2.16. The number of hydrogen-bond donors (Lipinski definition) is 2. The first-order chi connectivity index (χ1) is 26.4. The maximum atomic E-state index is 12.3. The standard InChI is InChI=1S/C46H86N4O4/c1-5-7-9-11-13-15-17-19-21-23-25-27-29-37-49(3)39-31-41-53-45(51)47-43-33-35-44(36-34-43)48-46(52)54-42-32-40-50(4)38-30-28-26-24-22-20-18-16-14-12-10-8-6-2/h33-36H,5-32,37-42H2,1-4H3,(H,47,51)(H,48,52). The zero-order chi connectivity index (χ0) is 39.2. The summed E-state index contributed by atoms with van der Waals surface area (Å²) in [5, 5.41) is 5.52. The van der Waals surface area contributed by atoms with Gasteiger partial charge in [0.1, 0.15) is 0 Å². The van der Waals surface area contributed by atoms with E-state index >= 15 is 0 Å². The summed E-state index contributed by atoms with van der Waals surface area (Å²) in [6, 6.07) is 6.97. The number of ether oxygens (including phenoxy) is 2. The first-order valence-corrected chi connectivity index (χ1v) is 22.8. The highest BCUT2D eigenvalue weighted by molar-refractivity contribution is 5.87. The lowest BCUT2D eigenvalue weighted by atomic mass is 10.0. The molecule has 0 atom stereocenters. The molecule has 0 aliphatic rings. The van der Waals surface area contributed by atoms with Crippen LogP contribution in [0.5, 0.6) is 0 Å². The van der Waals surface area contributed by atoms with Gasteiger partial charge in [0.2, 0.25) is 0 Å². The first-order valence-electron chi connectivity index (χ1n) is 22.8. The van der Waals surface area contributed by atoms with Gasteiger partial charge in [0.25, 0.3) is 0 Å². The van der Waals surface area contributed by atoms with Gasteiger partial charge in [-0.1, -0.05) is 168 Å². The molecule has 0 unspecified atom stereocenters. The van der Waals surface area contributed by atoms with Gasteiger partial charge in [0, 0.05) is 24.5 Å². The number of carbonyl (C=O) groups excluding carboxylic acids is 2. The van der Waals surface area contributed by atoms with Crippen molar-refractivity contribution in [3.05, 3.63) is 24.3 Å². The van der Waals surface area contributed by atoms with E-state index < -0.39 is 12.2 Å². The summed E-state index contributed by atoms with van der Waals surface area (Å²) in [6.07, 6.45) is 36.4. The van der Waals surface area contributed by atoms with Crippen molar-refractivity contribution in [1.29, 1.82) is 0 Å². The zero-order valence-corrected chi connectivity index (χ0v) is 35.9. The van der Waals surface area contributed by atoms with E-state index in [1.165, 1.54) is 167 Å². The maximum absolute atomic E-state index is 12.3. The number of benzene rings is 1. The Morgan fingerprint density at radius 3 is 0.926 bits per heavy atom. The molecule has 0 aliphatic heterocycles. The van der Waals surface area contributed by atoms with Crippen LogP contribution >= 0.6 is 0 Å². The maximum Gasteiger partial charge on any atom is 0.411 e. The molecule has 0 saturated carbocycles. The molecule has 1 aromatic carbocycles. The van der Waals surface area contributed by atoms with Crippen molar-refractivity contribution in [3.8, 4) is 0 Å². The lowest BCUT2D eigenvalue weighted by molar-refractivity contribution is 0.153. The Hall–Kier alpha value is -2.32. The summed E-state index contributed by atoms with van der Waals surface area (Å²) in [6.45, 7) is 9.34. The van der Waals surface area contributed by atoms with E-state index in [1.807, 2.05) is 0 Å². The van der Waals surface area contributed by atoms with Gasteiger partial charge < -0.3 is 19.3 Å². The van der Waals surface area contributed by atoms with Crippen LogP contribution < -0.4 is 10.6 Å². The second kappa shape index (κ2) is 37.6. The van der Waals surface area contributed by atoms with Crippen molar-refractivity contribution < 1.29 is 19.1 Å². The molecule has 1 rings (SSSR count). The predicted molar refractivity (Wildman–Crippen MR) is 232 cm³/mol. The molecule has 1 aromatic rings. The van der Waals surface area contributed by atoms with Crippen molar-refractivity contribution in [2.24, 2.45) is 0 Å². The van der Waals surface area contributed by atoms with Crippen molar-refractivity contribution in [2.75, 3.05) is 64.1 Å². The third kappa shape index (κ3) is 33.1. The smallest absolute Gasteiger partial charge is 0.411 e. The summed E-state index contributed by atoms with van der Waals surface area (Å²) in [4.78, 5) is 29.2. The second-order valence-corrected chi connectivity index (χ2v) is 15.9. The third-order valence-electron chi connectivity index (χ3n) is 10.5. The van der Waals surface area contributed by atoms with Crippen molar-refractivity contribution in [3.63, 3.8) is 0 Å². The molecule has 54 heavy (non-hydrogen) atoms. The average Bonchev–Trinajstić information content (AvgIpc) is 3.16. The van der Waals surface area contributed by atoms with Crippen LogP contribution in [0.4, 0.5) is 21.0 Å². The Bertz CT molecular complexity index is 899. The number of nitrogens with zero attached hydrogens (tertiary/aromatic N) is 2. The Morgan fingerprint density at radius 2 is 0.648 bits per heavy atom. The minimum atomic E-state index is -0.465. The molecule has 0 radical (unpaired) electrons. The molecule has 2 amide bonds. The highest BCUT2D eigenvalue weighted by Gasteiger charge is 2.07. The highest BCUT2D eigenvalue weighted by atomic mass is 16.6. The Morgan fingerprint density at radius 1 is 0.407 bits per heavy atom. The minimum absolute atomic E-state index is 0.384. The van der Waals surface area contributed by atoms with Crippen molar-refractivity contribution in [1.82, 2.24) is 9.80 Å². The van der Waals surface area contributed by atoms with Crippen LogP contribution in [-0.2, 0) is 9.47 Å². The quantitative estimate of drug-likeness (QED) is 0.0654. The van der Waals surface area contributed by atoms with E-state index in [9.17, 15) is 9.59 Å². The minimum Gasteiger partial charge on any atom is -0.449 e. The van der Waals surface area contributed by atoms with Crippen LogP contribution in [0.15, 0.2) is 24.3 Å². The van der Waals surface area contributed by atoms with Crippen molar-refractivity contribution >= 4 is 23.6 Å². The van der Waals surface area contributed by atoms with Crippen LogP contribution in [0.1, 0.15) is 194 Å². The number of hydrogen-bond acceptors (Lipinski definition) is 6. The predicted octanol–water partition coefficient (Wildman–Crippen LogP) is 13.6. The Balaban J connectivity index is 1.96. The lowest BCUT2D eigenvalue weighted by Gasteiger charge is -2.16. The molecule has 0 heterocycles. The van der Waals surface area contributed by atoms with E-state index in [1.54, 1.807) is 24.3 Å². The van der Waals surface area contributed by atoms with E-state index in [0.717, 1.165) is 39.0 Å². The number of amides is 2. The summed E-state index contributed by atoms with van der Waals surface area (Å²) < 4.78 is 10.8. The van der Waals surface area contributed by atoms with Crippen LogP contribution in [0.25, 0.3) is 0 Å². The normalized spacial score (nSPS) is 11.4. The molecule has 0 bridgehead atoms. The topological polar surface area (TPSA) is 83.1 Å². The second-order valence-electron chi connectivity index (χ2n) is 15.9. The van der Waals surface area contributed by atoms with Crippen LogP contribution in [0.2, 0.25) is 0 Å². The third-order valence-corrected chi connectivity index (χ3v) is 10.5. The molecule has 314 valence electrons. The molecular formula is C46H86N4O4. The number of rotatable bonds is 38. The van der Waals surface area contributed by atoms with Crippen molar-refractivity contribution in [2.45, 2.75) is 194 Å². The van der Waals surface area contributed by atoms with Crippen LogP contribution in [0, 0.1) is 0 Å². The van der Waals surface area contributed by atoms with Gasteiger partial charge in [-0.15, -0.1) is 0 Å². The van der Waals surface area contributed by atoms with Gasteiger partial charge in [0.15, 0.2) is 0 Å². The zero-order valence-electron chi connectivity index (χ0n) is 35.9. The molecular weight excluding hydrogens is 673 g/mol. The lowest BCUT2D eigenvalue weighted by Crippen LogP contribution is -2.23.